The maximum Gasteiger partial charge on any atom is 0.328 e. The number of nitrogens with one attached hydrogen (secondary N) is 4. The van der Waals surface area contributed by atoms with Gasteiger partial charge in [0, 0.05) is 37.8 Å². The summed E-state index contributed by atoms with van der Waals surface area (Å²) >= 11 is 5.43. The third kappa shape index (κ3) is 11.6. The first-order valence-corrected chi connectivity index (χ1v) is 11.5. The lowest BCUT2D eigenvalue weighted by Crippen LogP contribution is -2.52. The third-order valence-electron chi connectivity index (χ3n) is 4.63. The number of nitrogens with zero attached hydrogens (tertiary/aromatic N) is 1. The van der Waals surface area contributed by atoms with E-state index in [1.165, 1.54) is 6.92 Å². The molecule has 0 aliphatic heterocycles. The second kappa shape index (κ2) is 15.6. The molecule has 2 amide bonds. The summed E-state index contributed by atoms with van der Waals surface area (Å²) in [5.74, 6) is -1.71. The minimum Gasteiger partial charge on any atom is -0.461 e. The molecular formula is C23H33N5O5S. The molecule has 0 aliphatic carbocycles. The molecule has 1 aromatic rings. The number of esters is 1. The minimum absolute atomic E-state index is 0.00775. The second-order valence-electron chi connectivity index (χ2n) is 7.94. The van der Waals surface area contributed by atoms with Crippen LogP contribution in [0.3, 0.4) is 0 Å². The second-order valence-corrected chi connectivity index (χ2v) is 8.35. The Morgan fingerprint density at radius 2 is 1.88 bits per heavy atom. The van der Waals surface area contributed by atoms with Crippen molar-refractivity contribution in [3.8, 4) is 0 Å². The van der Waals surface area contributed by atoms with Gasteiger partial charge in [0.25, 0.3) is 0 Å². The maximum absolute atomic E-state index is 13.1. The summed E-state index contributed by atoms with van der Waals surface area (Å²) in [4.78, 5) is 52.6. The predicted molar refractivity (Wildman–Crippen MR) is 132 cm³/mol. The van der Waals surface area contributed by atoms with Gasteiger partial charge in [-0.15, -0.1) is 0 Å². The molecule has 186 valence electrons. The zero-order valence-electron chi connectivity index (χ0n) is 19.8. The lowest BCUT2D eigenvalue weighted by Gasteiger charge is -2.24. The molecule has 4 N–H and O–H groups in total. The lowest BCUT2D eigenvalue weighted by atomic mass is 10.1. The van der Waals surface area contributed by atoms with Crippen LogP contribution in [0.1, 0.15) is 58.4 Å². The van der Waals surface area contributed by atoms with E-state index in [1.807, 2.05) is 0 Å². The number of hydrogen-bond acceptors (Lipinski definition) is 8. The van der Waals surface area contributed by atoms with Crippen LogP contribution >= 0.6 is 12.2 Å². The number of rotatable bonds is 15. The molecule has 1 heterocycles. The van der Waals surface area contributed by atoms with E-state index in [4.69, 9.17) is 22.4 Å². The summed E-state index contributed by atoms with van der Waals surface area (Å²) in [5.41, 5.74) is 0.640. The first-order valence-electron chi connectivity index (χ1n) is 11.1. The number of carbonyl (C=O) groups excluding carboxylic acids is 4. The van der Waals surface area contributed by atoms with Crippen LogP contribution in [-0.2, 0) is 23.9 Å². The normalized spacial score (nSPS) is 12.2. The molecule has 0 saturated heterocycles. The molecule has 1 rings (SSSR count). The van der Waals surface area contributed by atoms with E-state index >= 15 is 0 Å². The first kappa shape index (κ1) is 28.8. The first-order chi connectivity index (χ1) is 16.1. The zero-order chi connectivity index (χ0) is 25.5. The molecule has 0 aliphatic rings. The van der Waals surface area contributed by atoms with Gasteiger partial charge in [0.1, 0.15) is 17.1 Å². The van der Waals surface area contributed by atoms with Crippen molar-refractivity contribution in [3.63, 3.8) is 0 Å². The SMILES string of the molecule is CC(=O)NCCCC[C@H](NC(=S)c1cccnc1)C(=O)N[C@@H](CCC(=O)C=N)C(=O)OC(C)C. The molecule has 0 spiro atoms. The van der Waals surface area contributed by atoms with Crippen LogP contribution in [0.4, 0.5) is 0 Å². The fourth-order valence-electron chi connectivity index (χ4n) is 2.94. The van der Waals surface area contributed by atoms with Gasteiger partial charge in [-0.3, -0.25) is 19.4 Å². The number of thiocarbonyl (C=S) groups is 1. The average molecular weight is 492 g/mol. The number of hydrogen-bond donors (Lipinski definition) is 4. The van der Waals surface area contributed by atoms with Crippen LogP contribution in [0.25, 0.3) is 0 Å². The highest BCUT2D eigenvalue weighted by molar-refractivity contribution is 7.80. The zero-order valence-corrected chi connectivity index (χ0v) is 20.6. The lowest BCUT2D eigenvalue weighted by molar-refractivity contribution is -0.151. The number of amides is 2. The van der Waals surface area contributed by atoms with Gasteiger partial charge in [-0.1, -0.05) is 12.2 Å². The average Bonchev–Trinajstić information content (AvgIpc) is 2.79. The number of pyridine rings is 1. The highest BCUT2D eigenvalue weighted by atomic mass is 32.1. The van der Waals surface area contributed by atoms with Gasteiger partial charge in [-0.25, -0.2) is 4.79 Å². The number of ether oxygens (including phenoxy) is 1. The van der Waals surface area contributed by atoms with Gasteiger partial charge in [0.2, 0.25) is 11.8 Å². The van der Waals surface area contributed by atoms with Gasteiger partial charge < -0.3 is 26.1 Å². The Morgan fingerprint density at radius 1 is 1.15 bits per heavy atom. The fourth-order valence-corrected chi connectivity index (χ4v) is 3.20. The van der Waals surface area contributed by atoms with Crippen LogP contribution in [0, 0.1) is 5.41 Å². The van der Waals surface area contributed by atoms with E-state index in [1.54, 1.807) is 38.4 Å². The number of carbonyl (C=O) groups is 4. The Hall–Kier alpha value is -3.21. The number of aromatic nitrogens is 1. The van der Waals surface area contributed by atoms with Crippen molar-refractivity contribution in [1.29, 1.82) is 5.41 Å². The molecule has 0 bridgehead atoms. The van der Waals surface area contributed by atoms with E-state index in [9.17, 15) is 19.2 Å². The number of ketones is 1. The highest BCUT2D eigenvalue weighted by Gasteiger charge is 2.28. The Balaban J connectivity index is 2.92. The summed E-state index contributed by atoms with van der Waals surface area (Å²) in [6.45, 7) is 5.28. The number of unbranched alkanes of at least 4 members (excludes halogenated alkanes) is 1. The summed E-state index contributed by atoms with van der Waals surface area (Å²) in [6.07, 6.45) is 5.04. The Labute approximate surface area is 205 Å². The largest absolute Gasteiger partial charge is 0.461 e. The Morgan fingerprint density at radius 3 is 2.47 bits per heavy atom. The molecule has 34 heavy (non-hydrogen) atoms. The van der Waals surface area contributed by atoms with E-state index in [-0.39, 0.29) is 18.7 Å². The van der Waals surface area contributed by atoms with E-state index < -0.39 is 35.8 Å². The Kier molecular flexibility index (Phi) is 13.2. The summed E-state index contributed by atoms with van der Waals surface area (Å²) in [7, 11) is 0. The molecule has 2 atom stereocenters. The minimum atomic E-state index is -1.05. The van der Waals surface area contributed by atoms with Crippen LogP contribution in [0.5, 0.6) is 0 Å². The Bertz CT molecular complexity index is 863. The van der Waals surface area contributed by atoms with Gasteiger partial charge in [-0.2, -0.15) is 0 Å². The molecule has 1 aromatic heterocycles. The van der Waals surface area contributed by atoms with Crippen molar-refractivity contribution in [2.75, 3.05) is 6.54 Å². The molecule has 0 radical (unpaired) electrons. The highest BCUT2D eigenvalue weighted by Crippen LogP contribution is 2.08. The van der Waals surface area contributed by atoms with Crippen LogP contribution in [0.2, 0.25) is 0 Å². The maximum atomic E-state index is 13.1. The smallest absolute Gasteiger partial charge is 0.328 e. The van der Waals surface area contributed by atoms with Crippen molar-refractivity contribution in [2.45, 2.75) is 71.1 Å². The van der Waals surface area contributed by atoms with Crippen LogP contribution in [0.15, 0.2) is 24.5 Å². The monoisotopic (exact) mass is 491 g/mol. The van der Waals surface area contributed by atoms with E-state index in [0.717, 1.165) is 0 Å². The molecule has 0 aromatic carbocycles. The molecule has 10 nitrogen and oxygen atoms in total. The van der Waals surface area contributed by atoms with Crippen LogP contribution < -0.4 is 16.0 Å². The van der Waals surface area contributed by atoms with Crippen molar-refractivity contribution in [3.05, 3.63) is 30.1 Å². The van der Waals surface area contributed by atoms with Crippen LogP contribution in [-0.4, -0.2) is 64.5 Å². The van der Waals surface area contributed by atoms with Gasteiger partial charge in [-0.05, 0) is 51.7 Å². The molecular weight excluding hydrogens is 458 g/mol. The summed E-state index contributed by atoms with van der Waals surface area (Å²) < 4.78 is 5.23. The summed E-state index contributed by atoms with van der Waals surface area (Å²) in [6, 6.07) is 1.68. The van der Waals surface area contributed by atoms with Crippen molar-refractivity contribution in [1.82, 2.24) is 20.9 Å². The molecule has 0 unspecified atom stereocenters. The van der Waals surface area contributed by atoms with Gasteiger partial charge >= 0.3 is 5.97 Å². The summed E-state index contributed by atoms with van der Waals surface area (Å²) in [5, 5.41) is 15.5. The van der Waals surface area contributed by atoms with Gasteiger partial charge in [0.05, 0.1) is 12.3 Å². The molecule has 11 heteroatoms. The van der Waals surface area contributed by atoms with E-state index in [0.29, 0.717) is 42.6 Å². The molecule has 0 saturated carbocycles. The molecule has 0 fully saturated rings. The van der Waals surface area contributed by atoms with Crippen molar-refractivity contribution >= 4 is 47.0 Å². The number of Topliss-reactive ketones (excluding diaryl/α,β-unsaturated/α-hetero) is 1. The fraction of sp³-hybridized carbons (Fsp3) is 0.522. The van der Waals surface area contributed by atoms with E-state index in [2.05, 4.69) is 20.9 Å². The van der Waals surface area contributed by atoms with Crippen molar-refractivity contribution < 1.29 is 23.9 Å². The predicted octanol–water partition coefficient (Wildman–Crippen LogP) is 1.46. The van der Waals surface area contributed by atoms with Gasteiger partial charge in [0.15, 0.2) is 5.78 Å². The van der Waals surface area contributed by atoms with Crippen molar-refractivity contribution in [2.24, 2.45) is 0 Å². The third-order valence-corrected chi connectivity index (χ3v) is 4.99. The standard InChI is InChI=1S/C23H33N5O5S/c1-15(2)33-23(32)20(10-9-18(30)13-24)27-21(31)19(8-4-5-12-26-16(3)29)28-22(34)17-7-6-11-25-14-17/h6-7,11,13-15,19-20,24H,4-5,8-10,12H2,1-3H3,(H,26,29)(H,27,31)(H,28,34)/t19-,20-/m0/s1. The quantitative estimate of drug-likeness (QED) is 0.125. The topological polar surface area (TPSA) is 150 Å².